The predicted octanol–water partition coefficient (Wildman–Crippen LogP) is 0.568. The van der Waals surface area contributed by atoms with Crippen LogP contribution in [0.3, 0.4) is 0 Å². The Labute approximate surface area is 59.6 Å². The zero-order valence-electron chi connectivity index (χ0n) is 6.16. The fourth-order valence-electron chi connectivity index (χ4n) is 0.566. The second kappa shape index (κ2) is 3.31. The molecule has 0 aliphatic carbocycles. The Morgan fingerprint density at radius 2 is 2.50 bits per heavy atom. The molecule has 0 spiro atoms. The second-order valence-electron chi connectivity index (χ2n) is 2.38. The van der Waals surface area contributed by atoms with Gasteiger partial charge in [0.25, 0.3) is 0 Å². The van der Waals surface area contributed by atoms with E-state index in [1.807, 2.05) is 0 Å². The highest BCUT2D eigenvalue weighted by Gasteiger charge is 1.97. The Bertz CT molecular complexity index is 171. The van der Waals surface area contributed by atoms with Crippen molar-refractivity contribution in [2.75, 3.05) is 0 Å². The molecule has 0 saturated heterocycles. The van der Waals surface area contributed by atoms with E-state index in [2.05, 4.69) is 33.8 Å². The summed E-state index contributed by atoms with van der Waals surface area (Å²) in [5.74, 6) is 0.703. The fraction of sp³-hybridized carbons (Fsp3) is 0.667. The summed E-state index contributed by atoms with van der Waals surface area (Å²) in [6.45, 7) is 4.81. The van der Waals surface area contributed by atoms with Gasteiger partial charge in [-0.1, -0.05) is 19.0 Å². The minimum absolute atomic E-state index is 0.457. The average molecular weight is 141 g/mol. The zero-order chi connectivity index (χ0) is 7.40. The van der Waals surface area contributed by atoms with Crippen LogP contribution in [0.1, 0.15) is 19.7 Å². The number of hydrogen-bond acceptors (Lipinski definition) is 4. The largest absolute Gasteiger partial charge is 0.343 e. The molecule has 0 radical (unpaired) electrons. The maximum Gasteiger partial charge on any atom is 0.213 e. The summed E-state index contributed by atoms with van der Waals surface area (Å²) in [6.07, 6.45) is 1.33. The maximum atomic E-state index is 4.55. The molecular weight excluding hydrogens is 130 g/mol. The van der Waals surface area contributed by atoms with Crippen LogP contribution in [-0.4, -0.2) is 16.2 Å². The molecule has 0 aliphatic heterocycles. The molecule has 0 bridgehead atoms. The lowest BCUT2D eigenvalue weighted by Crippen LogP contribution is -2.22. The molecule has 0 fully saturated rings. The molecule has 10 heavy (non-hydrogen) atoms. The summed E-state index contributed by atoms with van der Waals surface area (Å²) in [6, 6.07) is 0.457. The Hall–Kier alpha value is -0.900. The topological polar surface area (TPSA) is 51.0 Å². The summed E-state index contributed by atoms with van der Waals surface area (Å²) in [5, 5.41) is 6.80. The molecule has 0 aromatic carbocycles. The van der Waals surface area contributed by atoms with Gasteiger partial charge in [0.2, 0.25) is 6.39 Å². The van der Waals surface area contributed by atoms with E-state index in [0.717, 1.165) is 0 Å². The highest BCUT2D eigenvalue weighted by atomic mass is 16.5. The zero-order valence-corrected chi connectivity index (χ0v) is 6.16. The van der Waals surface area contributed by atoms with Gasteiger partial charge < -0.3 is 9.84 Å². The highest BCUT2D eigenvalue weighted by Crippen LogP contribution is 1.87. The molecule has 4 nitrogen and oxygen atoms in total. The Morgan fingerprint density at radius 3 is 3.00 bits per heavy atom. The summed E-state index contributed by atoms with van der Waals surface area (Å²) in [5.41, 5.74) is 0. The van der Waals surface area contributed by atoms with Gasteiger partial charge in [-0.25, -0.2) is 0 Å². The van der Waals surface area contributed by atoms with Crippen LogP contribution in [0.2, 0.25) is 0 Å². The van der Waals surface area contributed by atoms with E-state index in [0.29, 0.717) is 18.4 Å². The van der Waals surface area contributed by atoms with Crippen LogP contribution in [0.25, 0.3) is 0 Å². The van der Waals surface area contributed by atoms with Crippen LogP contribution in [0.5, 0.6) is 0 Å². The minimum atomic E-state index is 0.457. The van der Waals surface area contributed by atoms with E-state index < -0.39 is 0 Å². The minimum Gasteiger partial charge on any atom is -0.343 e. The van der Waals surface area contributed by atoms with Crippen molar-refractivity contribution in [2.24, 2.45) is 0 Å². The van der Waals surface area contributed by atoms with E-state index >= 15 is 0 Å². The van der Waals surface area contributed by atoms with Crippen molar-refractivity contribution in [1.82, 2.24) is 15.5 Å². The standard InChI is InChI=1S/C6H11N3O/c1-5(2)7-3-6-8-4-10-9-6/h4-5,7H,3H2,1-2H3. The van der Waals surface area contributed by atoms with Gasteiger partial charge in [0.1, 0.15) is 0 Å². The highest BCUT2D eigenvalue weighted by molar-refractivity contribution is 4.76. The molecule has 1 N–H and O–H groups in total. The third-order valence-corrected chi connectivity index (χ3v) is 1.08. The monoisotopic (exact) mass is 141 g/mol. The lowest BCUT2D eigenvalue weighted by molar-refractivity contribution is 0.405. The lowest BCUT2D eigenvalue weighted by atomic mass is 10.4. The molecular formula is C6H11N3O. The average Bonchev–Trinajstić information content (AvgIpc) is 2.34. The third kappa shape index (κ3) is 2.14. The summed E-state index contributed by atoms with van der Waals surface area (Å²) in [7, 11) is 0. The smallest absolute Gasteiger partial charge is 0.213 e. The number of aromatic nitrogens is 2. The van der Waals surface area contributed by atoms with Crippen LogP contribution >= 0.6 is 0 Å². The lowest BCUT2D eigenvalue weighted by Gasteiger charge is -2.02. The molecule has 0 amide bonds. The number of rotatable bonds is 3. The predicted molar refractivity (Wildman–Crippen MR) is 36.3 cm³/mol. The van der Waals surface area contributed by atoms with Gasteiger partial charge in [-0.05, 0) is 0 Å². The number of nitrogens with zero attached hydrogens (tertiary/aromatic N) is 2. The van der Waals surface area contributed by atoms with Crippen molar-refractivity contribution in [3.05, 3.63) is 12.2 Å². The van der Waals surface area contributed by atoms with Crippen LogP contribution in [0, 0.1) is 0 Å². The van der Waals surface area contributed by atoms with Crippen LogP contribution in [0.15, 0.2) is 10.9 Å². The molecule has 0 aliphatic rings. The Morgan fingerprint density at radius 1 is 1.70 bits per heavy atom. The molecule has 1 rings (SSSR count). The molecule has 0 atom stereocenters. The van der Waals surface area contributed by atoms with Gasteiger partial charge in [0, 0.05) is 6.04 Å². The SMILES string of the molecule is CC(C)NCc1ncon1. The molecule has 0 saturated carbocycles. The second-order valence-corrected chi connectivity index (χ2v) is 2.38. The van der Waals surface area contributed by atoms with Gasteiger partial charge in [0.15, 0.2) is 5.82 Å². The van der Waals surface area contributed by atoms with Gasteiger partial charge in [0.05, 0.1) is 6.54 Å². The molecule has 1 aromatic rings. The van der Waals surface area contributed by atoms with Crippen LogP contribution < -0.4 is 5.32 Å². The van der Waals surface area contributed by atoms with Crippen molar-refractivity contribution in [1.29, 1.82) is 0 Å². The summed E-state index contributed by atoms with van der Waals surface area (Å²) < 4.78 is 4.55. The van der Waals surface area contributed by atoms with Crippen molar-refractivity contribution in [2.45, 2.75) is 26.4 Å². The van der Waals surface area contributed by atoms with Gasteiger partial charge in [-0.2, -0.15) is 4.98 Å². The van der Waals surface area contributed by atoms with Crippen molar-refractivity contribution < 1.29 is 4.52 Å². The van der Waals surface area contributed by atoms with Crippen molar-refractivity contribution in [3.63, 3.8) is 0 Å². The van der Waals surface area contributed by atoms with Gasteiger partial charge in [-0.3, -0.25) is 0 Å². The first kappa shape index (κ1) is 7.21. The maximum absolute atomic E-state index is 4.55. The quantitative estimate of drug-likeness (QED) is 0.668. The van der Waals surface area contributed by atoms with Gasteiger partial charge >= 0.3 is 0 Å². The number of hydrogen-bond donors (Lipinski definition) is 1. The molecule has 56 valence electrons. The first-order chi connectivity index (χ1) is 4.79. The molecule has 0 unspecified atom stereocenters. The fourth-order valence-corrected chi connectivity index (χ4v) is 0.566. The van der Waals surface area contributed by atoms with Crippen molar-refractivity contribution >= 4 is 0 Å². The molecule has 4 heteroatoms. The summed E-state index contributed by atoms with van der Waals surface area (Å²) >= 11 is 0. The summed E-state index contributed by atoms with van der Waals surface area (Å²) in [4.78, 5) is 3.85. The van der Waals surface area contributed by atoms with E-state index in [4.69, 9.17) is 0 Å². The van der Waals surface area contributed by atoms with Gasteiger partial charge in [-0.15, -0.1) is 0 Å². The first-order valence-electron chi connectivity index (χ1n) is 3.27. The first-order valence-corrected chi connectivity index (χ1v) is 3.27. The van der Waals surface area contributed by atoms with E-state index in [1.165, 1.54) is 6.39 Å². The van der Waals surface area contributed by atoms with Crippen LogP contribution in [-0.2, 0) is 6.54 Å². The molecule has 1 heterocycles. The Balaban J connectivity index is 2.28. The Kier molecular flexibility index (Phi) is 2.39. The third-order valence-electron chi connectivity index (χ3n) is 1.08. The normalized spacial score (nSPS) is 10.7. The van der Waals surface area contributed by atoms with E-state index in [1.54, 1.807) is 0 Å². The van der Waals surface area contributed by atoms with E-state index in [9.17, 15) is 0 Å². The number of nitrogens with one attached hydrogen (secondary N) is 1. The molecule has 1 aromatic heterocycles. The van der Waals surface area contributed by atoms with E-state index in [-0.39, 0.29) is 0 Å². The van der Waals surface area contributed by atoms with Crippen LogP contribution in [0.4, 0.5) is 0 Å². The van der Waals surface area contributed by atoms with Crippen molar-refractivity contribution in [3.8, 4) is 0 Å².